The van der Waals surface area contributed by atoms with Crippen molar-refractivity contribution in [2.24, 2.45) is 0 Å². The fourth-order valence-electron chi connectivity index (χ4n) is 2.05. The number of pyridine rings is 1. The van der Waals surface area contributed by atoms with Crippen molar-refractivity contribution in [3.8, 4) is 11.5 Å². The molecule has 0 spiro atoms. The van der Waals surface area contributed by atoms with E-state index in [1.165, 1.54) is 0 Å². The molecule has 2 heterocycles. The molecule has 0 aliphatic rings. The fraction of sp³-hybridized carbons (Fsp3) is 0.188. The van der Waals surface area contributed by atoms with Crippen molar-refractivity contribution in [1.29, 1.82) is 0 Å². The Labute approximate surface area is 139 Å². The first-order valence-electron chi connectivity index (χ1n) is 7.25. The van der Waals surface area contributed by atoms with Crippen molar-refractivity contribution in [1.82, 2.24) is 19.9 Å². The minimum atomic E-state index is -3.64. The van der Waals surface area contributed by atoms with E-state index in [4.69, 9.17) is 4.42 Å². The van der Waals surface area contributed by atoms with E-state index >= 15 is 0 Å². The van der Waals surface area contributed by atoms with E-state index in [2.05, 4.69) is 19.9 Å². The normalized spacial score (nSPS) is 11.6. The zero-order valence-corrected chi connectivity index (χ0v) is 14.0. The maximum absolute atomic E-state index is 12.3. The molecule has 1 N–H and O–H groups in total. The third-order valence-corrected chi connectivity index (χ3v) is 4.98. The third kappa shape index (κ3) is 3.50. The number of hydrogen-bond acceptors (Lipinski definition) is 6. The summed E-state index contributed by atoms with van der Waals surface area (Å²) >= 11 is 0. The molecule has 7 nitrogen and oxygen atoms in total. The van der Waals surface area contributed by atoms with Gasteiger partial charge in [0, 0.05) is 12.4 Å². The molecule has 3 rings (SSSR count). The summed E-state index contributed by atoms with van der Waals surface area (Å²) in [6.45, 7) is 3.71. The van der Waals surface area contributed by atoms with Crippen LogP contribution in [-0.4, -0.2) is 23.6 Å². The van der Waals surface area contributed by atoms with Gasteiger partial charge in [-0.3, -0.25) is 4.98 Å². The Bertz CT molecular complexity index is 952. The van der Waals surface area contributed by atoms with Gasteiger partial charge in [0.25, 0.3) is 0 Å². The first-order valence-corrected chi connectivity index (χ1v) is 8.74. The summed E-state index contributed by atoms with van der Waals surface area (Å²) in [7, 11) is -3.64. The molecule has 8 heteroatoms. The highest BCUT2D eigenvalue weighted by molar-refractivity contribution is 7.89. The second-order valence-corrected chi connectivity index (χ2v) is 7.08. The molecule has 0 aliphatic carbocycles. The first-order chi connectivity index (χ1) is 11.5. The number of sulfonamides is 1. The highest BCUT2D eigenvalue weighted by Crippen LogP contribution is 2.17. The summed E-state index contributed by atoms with van der Waals surface area (Å²) in [6.07, 6.45) is 3.23. The quantitative estimate of drug-likeness (QED) is 0.762. The molecular formula is C16H16N4O3S. The number of nitrogens with one attached hydrogen (secondary N) is 1. The Balaban J connectivity index is 1.73. The fourth-order valence-corrected chi connectivity index (χ4v) is 3.11. The molecule has 3 aromatic rings. The number of nitrogens with zero attached hydrogens (tertiary/aromatic N) is 3. The highest BCUT2D eigenvalue weighted by Gasteiger charge is 2.16. The van der Waals surface area contributed by atoms with Crippen LogP contribution >= 0.6 is 0 Å². The maximum atomic E-state index is 12.3. The van der Waals surface area contributed by atoms with Crippen LogP contribution < -0.4 is 4.72 Å². The summed E-state index contributed by atoms with van der Waals surface area (Å²) in [4.78, 5) is 4.18. The Morgan fingerprint density at radius 1 is 1.12 bits per heavy atom. The molecule has 0 fully saturated rings. The topological polar surface area (TPSA) is 98.0 Å². The number of aromatic nitrogens is 3. The minimum absolute atomic E-state index is 0.0808. The standard InChI is InChI=1S/C16H16N4O3S/c1-11-5-6-14(8-12(11)2)24(21,22)18-10-15-19-20-16(23-15)13-4-3-7-17-9-13/h3-9,18H,10H2,1-2H3. The van der Waals surface area contributed by atoms with Gasteiger partial charge in [-0.15, -0.1) is 10.2 Å². The van der Waals surface area contributed by atoms with Gasteiger partial charge in [0.1, 0.15) is 0 Å². The number of rotatable bonds is 5. The largest absolute Gasteiger partial charge is 0.419 e. The molecule has 0 saturated carbocycles. The average Bonchev–Trinajstić information content (AvgIpc) is 3.05. The molecule has 0 unspecified atom stereocenters. The maximum Gasteiger partial charge on any atom is 0.249 e. The number of aryl methyl sites for hydroxylation is 2. The molecule has 24 heavy (non-hydrogen) atoms. The van der Waals surface area contributed by atoms with E-state index in [0.717, 1.165) is 11.1 Å². The van der Waals surface area contributed by atoms with E-state index in [1.807, 2.05) is 13.8 Å². The third-order valence-electron chi connectivity index (χ3n) is 3.58. The van der Waals surface area contributed by atoms with Gasteiger partial charge >= 0.3 is 0 Å². The van der Waals surface area contributed by atoms with E-state index < -0.39 is 10.0 Å². The monoisotopic (exact) mass is 344 g/mol. The van der Waals surface area contributed by atoms with Gasteiger partial charge in [0.15, 0.2) is 0 Å². The molecule has 0 atom stereocenters. The first kappa shape index (κ1) is 16.3. The van der Waals surface area contributed by atoms with E-state index in [1.54, 1.807) is 42.7 Å². The summed E-state index contributed by atoms with van der Waals surface area (Å²) in [5.74, 6) is 0.477. The van der Waals surface area contributed by atoms with Crippen molar-refractivity contribution in [2.45, 2.75) is 25.3 Å². The molecular weight excluding hydrogens is 328 g/mol. The number of hydrogen-bond donors (Lipinski definition) is 1. The van der Waals surface area contributed by atoms with Crippen molar-refractivity contribution in [3.05, 3.63) is 59.7 Å². The zero-order chi connectivity index (χ0) is 17.2. The van der Waals surface area contributed by atoms with Crippen molar-refractivity contribution in [2.75, 3.05) is 0 Å². The lowest BCUT2D eigenvalue weighted by atomic mass is 10.1. The van der Waals surface area contributed by atoms with Crippen LogP contribution in [0.2, 0.25) is 0 Å². The van der Waals surface area contributed by atoms with E-state index in [0.29, 0.717) is 11.5 Å². The lowest BCUT2D eigenvalue weighted by Crippen LogP contribution is -2.23. The van der Waals surface area contributed by atoms with Crippen LogP contribution in [0.25, 0.3) is 11.5 Å². The van der Waals surface area contributed by atoms with Gasteiger partial charge in [0.05, 0.1) is 17.0 Å². The molecule has 1 aromatic carbocycles. The molecule has 124 valence electrons. The summed E-state index contributed by atoms with van der Waals surface area (Å²) in [6, 6.07) is 8.51. The van der Waals surface area contributed by atoms with Crippen molar-refractivity contribution in [3.63, 3.8) is 0 Å². The lowest BCUT2D eigenvalue weighted by molar-refractivity contribution is 0.494. The molecule has 0 radical (unpaired) electrons. The molecule has 0 amide bonds. The van der Waals surface area contributed by atoms with Gasteiger partial charge in [-0.1, -0.05) is 6.07 Å². The lowest BCUT2D eigenvalue weighted by Gasteiger charge is -2.07. The molecule has 0 aliphatic heterocycles. The summed E-state index contributed by atoms with van der Waals surface area (Å²) in [5.41, 5.74) is 2.62. The van der Waals surface area contributed by atoms with Crippen LogP contribution in [0.3, 0.4) is 0 Å². The predicted octanol–water partition coefficient (Wildman–Crippen LogP) is 2.23. The number of benzene rings is 1. The van der Waals surface area contributed by atoms with Gasteiger partial charge < -0.3 is 4.42 Å². The second-order valence-electron chi connectivity index (χ2n) is 5.31. The van der Waals surface area contributed by atoms with Crippen LogP contribution in [0.1, 0.15) is 17.0 Å². The molecule has 0 bridgehead atoms. The highest BCUT2D eigenvalue weighted by atomic mass is 32.2. The Kier molecular flexibility index (Phi) is 4.41. The van der Waals surface area contributed by atoms with Gasteiger partial charge in [-0.25, -0.2) is 13.1 Å². The zero-order valence-electron chi connectivity index (χ0n) is 13.2. The van der Waals surface area contributed by atoms with E-state index in [-0.39, 0.29) is 17.3 Å². The molecule has 0 saturated heterocycles. The second kappa shape index (κ2) is 6.50. The average molecular weight is 344 g/mol. The van der Waals surface area contributed by atoms with Crippen molar-refractivity contribution < 1.29 is 12.8 Å². The smallest absolute Gasteiger partial charge is 0.249 e. The van der Waals surface area contributed by atoms with Crippen LogP contribution in [-0.2, 0) is 16.6 Å². The van der Waals surface area contributed by atoms with Gasteiger partial charge in [-0.2, -0.15) is 0 Å². The van der Waals surface area contributed by atoms with E-state index in [9.17, 15) is 8.42 Å². The SMILES string of the molecule is Cc1ccc(S(=O)(=O)NCc2nnc(-c3cccnc3)o2)cc1C. The van der Waals surface area contributed by atoms with Gasteiger partial charge in [-0.05, 0) is 49.2 Å². The van der Waals surface area contributed by atoms with Crippen LogP contribution in [0.4, 0.5) is 0 Å². The van der Waals surface area contributed by atoms with Crippen molar-refractivity contribution >= 4 is 10.0 Å². The minimum Gasteiger partial charge on any atom is -0.419 e. The Hall–Kier alpha value is -2.58. The molecule has 2 aromatic heterocycles. The van der Waals surface area contributed by atoms with Crippen LogP contribution in [0.5, 0.6) is 0 Å². The summed E-state index contributed by atoms with van der Waals surface area (Å²) < 4.78 is 32.6. The Morgan fingerprint density at radius 3 is 2.67 bits per heavy atom. The van der Waals surface area contributed by atoms with Crippen LogP contribution in [0.15, 0.2) is 52.0 Å². The predicted molar refractivity (Wildman–Crippen MR) is 87.5 cm³/mol. The summed E-state index contributed by atoms with van der Waals surface area (Å²) in [5, 5.41) is 7.74. The van der Waals surface area contributed by atoms with Gasteiger partial charge in [0.2, 0.25) is 21.8 Å². The van der Waals surface area contributed by atoms with Crippen LogP contribution in [0, 0.1) is 13.8 Å². The Morgan fingerprint density at radius 2 is 1.96 bits per heavy atom.